The third-order valence-corrected chi connectivity index (χ3v) is 4.49. The average Bonchev–Trinajstić information content (AvgIpc) is 2.53. The van der Waals surface area contributed by atoms with Crippen molar-refractivity contribution < 1.29 is 4.74 Å². The van der Waals surface area contributed by atoms with Crippen LogP contribution in [0.3, 0.4) is 0 Å². The van der Waals surface area contributed by atoms with Gasteiger partial charge in [0.1, 0.15) is 17.4 Å². The molecule has 1 atom stereocenters. The van der Waals surface area contributed by atoms with E-state index in [2.05, 4.69) is 18.2 Å². The van der Waals surface area contributed by atoms with Crippen molar-refractivity contribution in [2.24, 2.45) is 5.73 Å². The zero-order valence-electron chi connectivity index (χ0n) is 13.0. The van der Waals surface area contributed by atoms with Crippen LogP contribution in [0.25, 0.3) is 0 Å². The molecule has 116 valence electrons. The maximum atomic E-state index is 9.36. The first-order valence-electron chi connectivity index (χ1n) is 7.52. The molecule has 0 bridgehead atoms. The fourth-order valence-electron chi connectivity index (χ4n) is 3.06. The number of nitriles is 1. The van der Waals surface area contributed by atoms with Crippen molar-refractivity contribution in [1.82, 2.24) is 0 Å². The number of nitrogens with two attached hydrogens (primary N) is 1. The van der Waals surface area contributed by atoms with Gasteiger partial charge in [-0.05, 0) is 50.9 Å². The number of fused-ring (bicyclic) bond motifs is 1. The molecule has 0 saturated carbocycles. The molecule has 0 spiro atoms. The van der Waals surface area contributed by atoms with Gasteiger partial charge < -0.3 is 10.5 Å². The molecule has 22 heavy (non-hydrogen) atoms. The lowest BCUT2D eigenvalue weighted by Crippen LogP contribution is -2.43. The maximum absolute atomic E-state index is 9.36. The Morgan fingerprint density at radius 2 is 2.27 bits per heavy atom. The molecule has 0 amide bonds. The second-order valence-electron chi connectivity index (χ2n) is 5.39. The summed E-state index contributed by atoms with van der Waals surface area (Å²) in [5.41, 5.74) is 7.88. The Morgan fingerprint density at radius 3 is 2.86 bits per heavy atom. The van der Waals surface area contributed by atoms with E-state index in [1.54, 1.807) is 12.1 Å². The van der Waals surface area contributed by atoms with Gasteiger partial charge in [-0.1, -0.05) is 29.8 Å². The Balaban J connectivity index is 2.55. The van der Waals surface area contributed by atoms with Gasteiger partial charge in [-0.15, -0.1) is 0 Å². The van der Waals surface area contributed by atoms with Gasteiger partial charge in [0.25, 0.3) is 0 Å². The molecule has 1 heterocycles. The quantitative estimate of drug-likeness (QED) is 0.849. The van der Waals surface area contributed by atoms with Crippen molar-refractivity contribution in [2.75, 3.05) is 6.54 Å². The van der Waals surface area contributed by atoms with Gasteiger partial charge in [-0.3, -0.25) is 0 Å². The standard InChI is InChI=1S/C18H21ClN2O/c1-3-5-14(4-2)18(10-11-20)9-8-15-16(19)7-6-13(12-21)17(15)22-18/h3-7H,8-11,20H2,1-2H3/b5-3-,14-4+. The first-order chi connectivity index (χ1) is 10.6. The van der Waals surface area contributed by atoms with Gasteiger partial charge in [0.15, 0.2) is 0 Å². The van der Waals surface area contributed by atoms with Crippen LogP contribution in [0.5, 0.6) is 5.75 Å². The van der Waals surface area contributed by atoms with Gasteiger partial charge in [0.05, 0.1) is 5.56 Å². The Bertz CT molecular complexity index is 658. The Hall–Kier alpha value is -1.76. The number of ether oxygens (including phenoxy) is 1. The van der Waals surface area contributed by atoms with E-state index in [0.29, 0.717) is 29.3 Å². The highest BCUT2D eigenvalue weighted by atomic mass is 35.5. The normalized spacial score (nSPS) is 21.3. The minimum absolute atomic E-state index is 0.487. The number of benzene rings is 1. The van der Waals surface area contributed by atoms with Crippen molar-refractivity contribution in [3.63, 3.8) is 0 Å². The average molecular weight is 317 g/mol. The molecular formula is C18H21ClN2O. The van der Waals surface area contributed by atoms with Crippen LogP contribution in [0.4, 0.5) is 0 Å². The smallest absolute Gasteiger partial charge is 0.143 e. The van der Waals surface area contributed by atoms with Crippen LogP contribution in [-0.4, -0.2) is 12.1 Å². The lowest BCUT2D eigenvalue weighted by atomic mass is 9.81. The highest BCUT2D eigenvalue weighted by molar-refractivity contribution is 6.31. The van der Waals surface area contributed by atoms with E-state index in [-0.39, 0.29) is 0 Å². The van der Waals surface area contributed by atoms with Crippen molar-refractivity contribution in [3.05, 3.63) is 52.1 Å². The van der Waals surface area contributed by atoms with Crippen molar-refractivity contribution in [2.45, 2.75) is 38.7 Å². The molecule has 1 aliphatic rings. The largest absolute Gasteiger partial charge is 0.481 e. The molecule has 0 radical (unpaired) electrons. The lowest BCUT2D eigenvalue weighted by Gasteiger charge is -2.40. The number of nitrogens with zero attached hydrogens (tertiary/aromatic N) is 1. The fraction of sp³-hybridized carbons (Fsp3) is 0.389. The highest BCUT2D eigenvalue weighted by Gasteiger charge is 2.39. The monoisotopic (exact) mass is 316 g/mol. The van der Waals surface area contributed by atoms with Crippen LogP contribution >= 0.6 is 11.6 Å². The predicted molar refractivity (Wildman–Crippen MR) is 90.1 cm³/mol. The number of hydrogen-bond acceptors (Lipinski definition) is 3. The van der Waals surface area contributed by atoms with E-state index in [9.17, 15) is 5.26 Å². The molecule has 3 nitrogen and oxygen atoms in total. The summed E-state index contributed by atoms with van der Waals surface area (Å²) in [6, 6.07) is 5.68. The highest BCUT2D eigenvalue weighted by Crippen LogP contribution is 2.44. The second kappa shape index (κ2) is 7.00. The number of allylic oxidation sites excluding steroid dienone is 2. The summed E-state index contributed by atoms with van der Waals surface area (Å²) < 4.78 is 6.36. The van der Waals surface area contributed by atoms with E-state index in [4.69, 9.17) is 22.1 Å². The molecule has 1 aromatic rings. The van der Waals surface area contributed by atoms with Crippen LogP contribution in [0.2, 0.25) is 5.02 Å². The van der Waals surface area contributed by atoms with Crippen LogP contribution in [-0.2, 0) is 6.42 Å². The van der Waals surface area contributed by atoms with Gasteiger partial charge in [0, 0.05) is 17.0 Å². The third-order valence-electron chi connectivity index (χ3n) is 4.13. The fourth-order valence-corrected chi connectivity index (χ4v) is 3.31. The first kappa shape index (κ1) is 16.6. The number of rotatable bonds is 4. The minimum Gasteiger partial charge on any atom is -0.481 e. The molecule has 1 aliphatic heterocycles. The SMILES string of the molecule is C/C=C\C(=C/C)C1(CCN)CCc2c(Cl)ccc(C#N)c2O1. The van der Waals surface area contributed by atoms with Gasteiger partial charge >= 0.3 is 0 Å². The maximum Gasteiger partial charge on any atom is 0.143 e. The number of hydrogen-bond donors (Lipinski definition) is 1. The molecule has 0 fully saturated rings. The summed E-state index contributed by atoms with van der Waals surface area (Å²) in [6.45, 7) is 4.50. The molecule has 0 saturated heterocycles. The summed E-state index contributed by atoms with van der Waals surface area (Å²) in [7, 11) is 0. The van der Waals surface area contributed by atoms with Gasteiger partial charge in [-0.2, -0.15) is 5.26 Å². The Kier molecular flexibility index (Phi) is 5.28. The van der Waals surface area contributed by atoms with E-state index < -0.39 is 5.60 Å². The molecule has 0 aliphatic carbocycles. The molecule has 1 aromatic carbocycles. The topological polar surface area (TPSA) is 59.0 Å². The van der Waals surface area contributed by atoms with Crippen LogP contribution in [0, 0.1) is 11.3 Å². The van der Waals surface area contributed by atoms with E-state index in [0.717, 1.165) is 24.0 Å². The molecule has 0 aromatic heterocycles. The zero-order chi connectivity index (χ0) is 16.2. The molecule has 2 rings (SSSR count). The minimum atomic E-state index is -0.487. The molecule has 2 N–H and O–H groups in total. The zero-order valence-corrected chi connectivity index (χ0v) is 13.8. The Morgan fingerprint density at radius 1 is 1.50 bits per heavy atom. The van der Waals surface area contributed by atoms with Crippen LogP contribution in [0.15, 0.2) is 35.9 Å². The summed E-state index contributed by atoms with van der Waals surface area (Å²) in [5.74, 6) is 0.610. The molecule has 1 unspecified atom stereocenters. The molecular weight excluding hydrogens is 296 g/mol. The molecule has 4 heteroatoms. The Labute approximate surface area is 137 Å². The van der Waals surface area contributed by atoms with E-state index >= 15 is 0 Å². The summed E-state index contributed by atoms with van der Waals surface area (Å²) >= 11 is 6.27. The van der Waals surface area contributed by atoms with Gasteiger partial charge in [0.2, 0.25) is 0 Å². The van der Waals surface area contributed by atoms with Crippen molar-refractivity contribution in [3.8, 4) is 11.8 Å². The summed E-state index contributed by atoms with van der Waals surface area (Å²) in [5, 5.41) is 10.0. The van der Waals surface area contributed by atoms with E-state index in [1.807, 2.05) is 19.9 Å². The summed E-state index contributed by atoms with van der Waals surface area (Å²) in [4.78, 5) is 0. The van der Waals surface area contributed by atoms with Crippen molar-refractivity contribution in [1.29, 1.82) is 5.26 Å². The summed E-state index contributed by atoms with van der Waals surface area (Å²) in [6.07, 6.45) is 8.38. The third kappa shape index (κ3) is 2.90. The first-order valence-corrected chi connectivity index (χ1v) is 7.89. The second-order valence-corrected chi connectivity index (χ2v) is 5.80. The van der Waals surface area contributed by atoms with Crippen molar-refractivity contribution >= 4 is 11.6 Å². The lowest BCUT2D eigenvalue weighted by molar-refractivity contribution is 0.0789. The van der Waals surface area contributed by atoms with Gasteiger partial charge in [-0.25, -0.2) is 0 Å². The predicted octanol–water partition coefficient (Wildman–Crippen LogP) is 4.15. The van der Waals surface area contributed by atoms with Crippen LogP contribution in [0.1, 0.15) is 37.8 Å². The van der Waals surface area contributed by atoms with Crippen LogP contribution < -0.4 is 10.5 Å². The number of halogens is 1. The van der Waals surface area contributed by atoms with E-state index in [1.165, 1.54) is 0 Å².